The van der Waals surface area contributed by atoms with Gasteiger partial charge in [0.25, 0.3) is 0 Å². The first-order valence-electron chi connectivity index (χ1n) is 7.02. The smallest absolute Gasteiger partial charge is 0.341 e. The first kappa shape index (κ1) is 17.3. The van der Waals surface area contributed by atoms with E-state index in [2.05, 4.69) is 4.74 Å². The summed E-state index contributed by atoms with van der Waals surface area (Å²) in [5.41, 5.74) is 0.0687. The molecular weight excluding hydrogens is 324 g/mol. The molecule has 0 amide bonds. The van der Waals surface area contributed by atoms with Gasteiger partial charge in [-0.15, -0.1) is 0 Å². The Hall–Kier alpha value is -2.09. The summed E-state index contributed by atoms with van der Waals surface area (Å²) >= 11 is 0. The zero-order valence-electron chi connectivity index (χ0n) is 12.9. The predicted molar refractivity (Wildman–Crippen MR) is 81.3 cm³/mol. The Balaban J connectivity index is 2.10. The van der Waals surface area contributed by atoms with Crippen molar-refractivity contribution in [2.45, 2.75) is 12.8 Å². The molecule has 0 aliphatic carbocycles. The Morgan fingerprint density at radius 3 is 2.57 bits per heavy atom. The van der Waals surface area contributed by atoms with Crippen LogP contribution in [0.1, 0.15) is 23.2 Å². The number of carbonyl (C=O) groups excluding carboxylic acids is 2. The second-order valence-electron chi connectivity index (χ2n) is 5.30. The molecule has 7 nitrogen and oxygen atoms in total. The zero-order valence-corrected chi connectivity index (χ0v) is 13.7. The lowest BCUT2D eigenvalue weighted by atomic mass is 10.1. The quantitative estimate of drug-likeness (QED) is 0.586. The standard InChI is InChI=1S/C15H18O7S/c1-20-11-3-4-13(12(8-11)15(17)21-2)22-14(16)7-10-5-6-23(18,19)9-10/h3-4,8,10H,5-7,9H2,1-2H3. The van der Waals surface area contributed by atoms with Gasteiger partial charge in [-0.2, -0.15) is 0 Å². The number of sulfone groups is 1. The average Bonchev–Trinajstić information content (AvgIpc) is 2.85. The number of hydrogen-bond acceptors (Lipinski definition) is 7. The van der Waals surface area contributed by atoms with Crippen molar-refractivity contribution < 1.29 is 32.2 Å². The Kier molecular flexibility index (Phi) is 5.25. The minimum atomic E-state index is -3.05. The average molecular weight is 342 g/mol. The number of esters is 2. The molecule has 1 atom stereocenters. The van der Waals surface area contributed by atoms with Crippen LogP contribution in [-0.2, 0) is 19.4 Å². The first-order chi connectivity index (χ1) is 10.8. The Morgan fingerprint density at radius 1 is 1.26 bits per heavy atom. The van der Waals surface area contributed by atoms with E-state index in [1.807, 2.05) is 0 Å². The van der Waals surface area contributed by atoms with Crippen molar-refractivity contribution >= 4 is 21.8 Å². The molecule has 1 aliphatic rings. The maximum Gasteiger partial charge on any atom is 0.341 e. The summed E-state index contributed by atoms with van der Waals surface area (Å²) in [5.74, 6) is -0.907. The fraction of sp³-hybridized carbons (Fsp3) is 0.467. The third-order valence-corrected chi connectivity index (χ3v) is 5.43. The molecular formula is C15H18O7S. The van der Waals surface area contributed by atoms with Gasteiger partial charge in [0.2, 0.25) is 0 Å². The molecule has 1 saturated heterocycles. The second-order valence-corrected chi connectivity index (χ2v) is 7.53. The van der Waals surface area contributed by atoms with Crippen molar-refractivity contribution in [1.29, 1.82) is 0 Å². The molecule has 1 heterocycles. The number of carbonyl (C=O) groups is 2. The highest BCUT2D eigenvalue weighted by atomic mass is 32.2. The van der Waals surface area contributed by atoms with Crippen LogP contribution in [0.25, 0.3) is 0 Å². The summed E-state index contributed by atoms with van der Waals surface area (Å²) < 4.78 is 37.7. The normalized spacial score (nSPS) is 19.1. The summed E-state index contributed by atoms with van der Waals surface area (Å²) in [6, 6.07) is 4.40. The van der Waals surface area contributed by atoms with Crippen LogP contribution < -0.4 is 9.47 Å². The number of rotatable bonds is 5. The van der Waals surface area contributed by atoms with Crippen LogP contribution in [0.15, 0.2) is 18.2 Å². The van der Waals surface area contributed by atoms with Gasteiger partial charge in [0, 0.05) is 6.42 Å². The van der Waals surface area contributed by atoms with Crippen molar-refractivity contribution in [2.75, 3.05) is 25.7 Å². The van der Waals surface area contributed by atoms with E-state index in [0.717, 1.165) is 0 Å². The molecule has 2 rings (SSSR count). The Bertz CT molecular complexity index is 709. The van der Waals surface area contributed by atoms with Gasteiger partial charge >= 0.3 is 11.9 Å². The SMILES string of the molecule is COC(=O)c1cc(OC)ccc1OC(=O)CC1CCS(=O)(=O)C1. The lowest BCUT2D eigenvalue weighted by Crippen LogP contribution is -2.17. The molecule has 1 aliphatic heterocycles. The van der Waals surface area contributed by atoms with E-state index in [0.29, 0.717) is 12.2 Å². The summed E-state index contributed by atoms with van der Waals surface area (Å²) in [6.45, 7) is 0. The van der Waals surface area contributed by atoms with Crippen LogP contribution in [0.3, 0.4) is 0 Å². The summed E-state index contributed by atoms with van der Waals surface area (Å²) in [6.07, 6.45) is 0.440. The van der Waals surface area contributed by atoms with E-state index >= 15 is 0 Å². The first-order valence-corrected chi connectivity index (χ1v) is 8.84. The van der Waals surface area contributed by atoms with Crippen LogP contribution in [0, 0.1) is 5.92 Å². The van der Waals surface area contributed by atoms with Gasteiger partial charge in [-0.05, 0) is 30.5 Å². The van der Waals surface area contributed by atoms with Gasteiger partial charge in [0.05, 0.1) is 25.7 Å². The number of methoxy groups -OCH3 is 2. The van der Waals surface area contributed by atoms with E-state index in [9.17, 15) is 18.0 Å². The van der Waals surface area contributed by atoms with Crippen LogP contribution in [0.4, 0.5) is 0 Å². The Morgan fingerprint density at radius 2 is 2.00 bits per heavy atom. The lowest BCUT2D eigenvalue weighted by molar-refractivity contribution is -0.135. The molecule has 1 unspecified atom stereocenters. The van der Waals surface area contributed by atoms with Crippen molar-refractivity contribution in [3.63, 3.8) is 0 Å². The molecule has 1 aromatic carbocycles. The minimum absolute atomic E-state index is 0.00539. The fourth-order valence-corrected chi connectivity index (χ4v) is 4.29. The van der Waals surface area contributed by atoms with Gasteiger partial charge < -0.3 is 14.2 Å². The molecule has 0 N–H and O–H groups in total. The number of benzene rings is 1. The van der Waals surface area contributed by atoms with Gasteiger partial charge in [0.15, 0.2) is 9.84 Å². The van der Waals surface area contributed by atoms with Crippen molar-refractivity contribution in [3.8, 4) is 11.5 Å². The molecule has 0 radical (unpaired) electrons. The lowest BCUT2D eigenvalue weighted by Gasteiger charge is -2.12. The van der Waals surface area contributed by atoms with Gasteiger partial charge in [0.1, 0.15) is 17.1 Å². The topological polar surface area (TPSA) is 96.0 Å². The number of ether oxygens (including phenoxy) is 3. The highest BCUT2D eigenvalue weighted by Gasteiger charge is 2.30. The monoisotopic (exact) mass is 342 g/mol. The van der Waals surface area contributed by atoms with Crippen molar-refractivity contribution in [3.05, 3.63) is 23.8 Å². The summed E-state index contributed by atoms with van der Waals surface area (Å²) in [4.78, 5) is 23.8. The van der Waals surface area contributed by atoms with E-state index in [-0.39, 0.29) is 35.2 Å². The molecule has 1 fully saturated rings. The highest BCUT2D eigenvalue weighted by molar-refractivity contribution is 7.91. The third-order valence-electron chi connectivity index (χ3n) is 3.60. The van der Waals surface area contributed by atoms with E-state index in [1.165, 1.54) is 26.4 Å². The molecule has 1 aromatic rings. The number of hydrogen-bond donors (Lipinski definition) is 0. The second kappa shape index (κ2) is 6.99. The van der Waals surface area contributed by atoms with Crippen molar-refractivity contribution in [2.24, 2.45) is 5.92 Å². The third kappa shape index (κ3) is 4.44. The van der Waals surface area contributed by atoms with Crippen LogP contribution in [-0.4, -0.2) is 46.1 Å². The molecule has 8 heteroatoms. The zero-order chi connectivity index (χ0) is 17.0. The van der Waals surface area contributed by atoms with E-state index in [1.54, 1.807) is 6.07 Å². The molecule has 126 valence electrons. The van der Waals surface area contributed by atoms with E-state index in [4.69, 9.17) is 9.47 Å². The minimum Gasteiger partial charge on any atom is -0.497 e. The molecule has 0 saturated carbocycles. The molecule has 0 bridgehead atoms. The predicted octanol–water partition coefficient (Wildman–Crippen LogP) is 1.21. The molecule has 0 spiro atoms. The fourth-order valence-electron chi connectivity index (χ4n) is 2.43. The summed E-state index contributed by atoms with van der Waals surface area (Å²) in [7, 11) is -0.381. The van der Waals surface area contributed by atoms with Crippen molar-refractivity contribution in [1.82, 2.24) is 0 Å². The van der Waals surface area contributed by atoms with Crippen LogP contribution in [0.5, 0.6) is 11.5 Å². The molecule has 0 aromatic heterocycles. The molecule has 23 heavy (non-hydrogen) atoms. The van der Waals surface area contributed by atoms with Crippen LogP contribution >= 0.6 is 0 Å². The largest absolute Gasteiger partial charge is 0.497 e. The summed E-state index contributed by atoms with van der Waals surface area (Å²) in [5, 5.41) is 0. The van der Waals surface area contributed by atoms with Gasteiger partial charge in [-0.3, -0.25) is 4.79 Å². The van der Waals surface area contributed by atoms with Crippen LogP contribution in [0.2, 0.25) is 0 Å². The maximum atomic E-state index is 12.0. The maximum absolute atomic E-state index is 12.0. The highest BCUT2D eigenvalue weighted by Crippen LogP contribution is 2.27. The van der Waals surface area contributed by atoms with Gasteiger partial charge in [-0.1, -0.05) is 0 Å². The van der Waals surface area contributed by atoms with E-state index < -0.39 is 21.8 Å². The van der Waals surface area contributed by atoms with Gasteiger partial charge in [-0.25, -0.2) is 13.2 Å². The Labute approximate surface area is 134 Å².